The Kier molecular flexibility index (Phi) is 4.74. The Morgan fingerprint density at radius 3 is 2.56 bits per heavy atom. The van der Waals surface area contributed by atoms with Crippen LogP contribution in [0.2, 0.25) is 0 Å². The maximum atomic E-state index is 11.7. The van der Waals surface area contributed by atoms with Gasteiger partial charge in [-0.25, -0.2) is 13.1 Å². The van der Waals surface area contributed by atoms with Crippen LogP contribution < -0.4 is 10.0 Å². The summed E-state index contributed by atoms with van der Waals surface area (Å²) in [5.74, 6) is 0.928. The molecule has 2 rings (SSSR count). The van der Waals surface area contributed by atoms with Gasteiger partial charge in [0.15, 0.2) is 0 Å². The highest BCUT2D eigenvalue weighted by Gasteiger charge is 2.20. The molecule has 5 heteroatoms. The summed E-state index contributed by atoms with van der Waals surface area (Å²) in [4.78, 5) is 0. The van der Waals surface area contributed by atoms with E-state index in [4.69, 9.17) is 0 Å². The number of hydrogen-bond acceptors (Lipinski definition) is 3. The van der Waals surface area contributed by atoms with E-state index in [1.807, 2.05) is 30.3 Å². The molecule has 1 aromatic carbocycles. The van der Waals surface area contributed by atoms with Crippen molar-refractivity contribution >= 4 is 10.0 Å². The number of nitrogens with one attached hydrogen (secondary N) is 2. The largest absolute Gasteiger partial charge is 0.315 e. The molecule has 1 fully saturated rings. The molecule has 0 unspecified atom stereocenters. The smallest absolute Gasteiger partial charge is 0.213 e. The standard InChI is InChI=1S/C13H20N2O2S/c16-18(17,9-8-14-10-13-6-7-13)15-11-12-4-2-1-3-5-12/h1-5,13-15H,6-11H2. The molecule has 1 aliphatic rings. The summed E-state index contributed by atoms with van der Waals surface area (Å²) in [5, 5.41) is 3.18. The summed E-state index contributed by atoms with van der Waals surface area (Å²) < 4.78 is 26.0. The molecule has 0 bridgehead atoms. The van der Waals surface area contributed by atoms with Gasteiger partial charge in [-0.15, -0.1) is 0 Å². The topological polar surface area (TPSA) is 58.2 Å². The van der Waals surface area contributed by atoms with Gasteiger partial charge in [0.1, 0.15) is 0 Å². The first-order valence-corrected chi connectivity index (χ1v) is 8.03. The fraction of sp³-hybridized carbons (Fsp3) is 0.538. The molecule has 0 spiro atoms. The number of rotatable bonds is 8. The molecule has 1 aliphatic carbocycles. The third kappa shape index (κ3) is 5.16. The van der Waals surface area contributed by atoms with E-state index in [1.54, 1.807) is 0 Å². The van der Waals surface area contributed by atoms with Gasteiger partial charge in [-0.05, 0) is 30.9 Å². The van der Waals surface area contributed by atoms with E-state index in [0.717, 1.165) is 18.0 Å². The third-order valence-corrected chi connectivity index (χ3v) is 4.34. The summed E-state index contributed by atoms with van der Waals surface area (Å²) in [6.45, 7) is 1.85. The second kappa shape index (κ2) is 6.31. The van der Waals surface area contributed by atoms with Gasteiger partial charge >= 0.3 is 0 Å². The van der Waals surface area contributed by atoms with Gasteiger partial charge in [-0.2, -0.15) is 0 Å². The minimum atomic E-state index is -3.17. The van der Waals surface area contributed by atoms with Gasteiger partial charge in [0.25, 0.3) is 0 Å². The zero-order chi connectivity index (χ0) is 12.8. The van der Waals surface area contributed by atoms with Gasteiger partial charge in [-0.1, -0.05) is 30.3 Å². The first-order chi connectivity index (χ1) is 8.66. The molecule has 1 saturated carbocycles. The van der Waals surface area contributed by atoms with Crippen molar-refractivity contribution in [3.63, 3.8) is 0 Å². The van der Waals surface area contributed by atoms with E-state index < -0.39 is 10.0 Å². The lowest BCUT2D eigenvalue weighted by Gasteiger charge is -2.07. The van der Waals surface area contributed by atoms with Crippen LogP contribution in [0.5, 0.6) is 0 Å². The van der Waals surface area contributed by atoms with Crippen molar-refractivity contribution in [2.75, 3.05) is 18.8 Å². The Balaban J connectivity index is 1.66. The third-order valence-electron chi connectivity index (χ3n) is 3.02. The second-order valence-electron chi connectivity index (χ2n) is 4.77. The Bertz CT molecular complexity index is 455. The van der Waals surface area contributed by atoms with Gasteiger partial charge < -0.3 is 5.32 Å². The Morgan fingerprint density at radius 2 is 1.89 bits per heavy atom. The van der Waals surface area contributed by atoms with Gasteiger partial charge in [0, 0.05) is 13.1 Å². The van der Waals surface area contributed by atoms with Crippen LogP contribution in [0.25, 0.3) is 0 Å². The molecular formula is C13H20N2O2S. The van der Waals surface area contributed by atoms with Crippen LogP contribution >= 0.6 is 0 Å². The highest BCUT2D eigenvalue weighted by molar-refractivity contribution is 7.89. The Hall–Kier alpha value is -0.910. The molecule has 100 valence electrons. The SMILES string of the molecule is O=S(=O)(CCNCC1CC1)NCc1ccccc1. The highest BCUT2D eigenvalue weighted by atomic mass is 32.2. The molecular weight excluding hydrogens is 248 g/mol. The zero-order valence-corrected chi connectivity index (χ0v) is 11.2. The Morgan fingerprint density at radius 1 is 1.17 bits per heavy atom. The van der Waals surface area contributed by atoms with E-state index in [2.05, 4.69) is 10.0 Å². The highest BCUT2D eigenvalue weighted by Crippen LogP contribution is 2.27. The fourth-order valence-electron chi connectivity index (χ4n) is 1.70. The second-order valence-corrected chi connectivity index (χ2v) is 6.70. The molecule has 0 heterocycles. The van der Waals surface area contributed by atoms with Crippen LogP contribution in [0.15, 0.2) is 30.3 Å². The van der Waals surface area contributed by atoms with Crippen LogP contribution in [-0.4, -0.2) is 27.3 Å². The monoisotopic (exact) mass is 268 g/mol. The first-order valence-electron chi connectivity index (χ1n) is 6.38. The average molecular weight is 268 g/mol. The minimum absolute atomic E-state index is 0.145. The predicted molar refractivity (Wildman–Crippen MR) is 72.7 cm³/mol. The summed E-state index contributed by atoms with van der Waals surface area (Å²) in [6, 6.07) is 9.54. The number of hydrogen-bond donors (Lipinski definition) is 2. The number of sulfonamides is 1. The molecule has 18 heavy (non-hydrogen) atoms. The summed E-state index contributed by atoms with van der Waals surface area (Å²) in [5.41, 5.74) is 0.979. The van der Waals surface area contributed by atoms with E-state index in [-0.39, 0.29) is 5.75 Å². The summed E-state index contributed by atoms with van der Waals surface area (Å²) >= 11 is 0. The molecule has 0 radical (unpaired) electrons. The number of benzene rings is 1. The zero-order valence-electron chi connectivity index (χ0n) is 10.4. The van der Waals surface area contributed by atoms with Gasteiger partial charge in [-0.3, -0.25) is 0 Å². The minimum Gasteiger partial charge on any atom is -0.315 e. The molecule has 0 amide bonds. The normalized spacial score (nSPS) is 15.8. The summed E-state index contributed by atoms with van der Waals surface area (Å²) in [7, 11) is -3.17. The van der Waals surface area contributed by atoms with Crippen molar-refractivity contribution in [2.24, 2.45) is 5.92 Å². The van der Waals surface area contributed by atoms with Gasteiger partial charge in [0.2, 0.25) is 10.0 Å². The average Bonchev–Trinajstić information content (AvgIpc) is 3.18. The van der Waals surface area contributed by atoms with Crippen molar-refractivity contribution < 1.29 is 8.42 Å². The van der Waals surface area contributed by atoms with Gasteiger partial charge in [0.05, 0.1) is 5.75 Å². The summed E-state index contributed by atoms with van der Waals surface area (Å²) in [6.07, 6.45) is 2.57. The molecule has 1 aromatic rings. The van der Waals surface area contributed by atoms with Crippen LogP contribution in [0.3, 0.4) is 0 Å². The van der Waals surface area contributed by atoms with Crippen LogP contribution in [0.1, 0.15) is 18.4 Å². The molecule has 2 N–H and O–H groups in total. The van der Waals surface area contributed by atoms with E-state index in [1.165, 1.54) is 12.8 Å². The first kappa shape index (κ1) is 13.5. The van der Waals surface area contributed by atoms with Crippen molar-refractivity contribution in [3.8, 4) is 0 Å². The molecule has 0 saturated heterocycles. The fourth-order valence-corrected chi connectivity index (χ4v) is 2.64. The van der Waals surface area contributed by atoms with Crippen molar-refractivity contribution in [1.82, 2.24) is 10.0 Å². The van der Waals surface area contributed by atoms with Crippen LogP contribution in [0, 0.1) is 5.92 Å². The van der Waals surface area contributed by atoms with Crippen molar-refractivity contribution in [1.29, 1.82) is 0 Å². The van der Waals surface area contributed by atoms with Crippen LogP contribution in [-0.2, 0) is 16.6 Å². The predicted octanol–water partition coefficient (Wildman–Crippen LogP) is 1.11. The quantitative estimate of drug-likeness (QED) is 0.694. The molecule has 0 atom stereocenters. The Labute approximate surface area is 109 Å². The maximum absolute atomic E-state index is 11.7. The van der Waals surface area contributed by atoms with Crippen LogP contribution in [0.4, 0.5) is 0 Å². The maximum Gasteiger partial charge on any atom is 0.213 e. The van der Waals surface area contributed by atoms with Crippen molar-refractivity contribution in [3.05, 3.63) is 35.9 Å². The van der Waals surface area contributed by atoms with E-state index >= 15 is 0 Å². The van der Waals surface area contributed by atoms with E-state index in [0.29, 0.717) is 13.1 Å². The van der Waals surface area contributed by atoms with Crippen molar-refractivity contribution in [2.45, 2.75) is 19.4 Å². The lowest BCUT2D eigenvalue weighted by atomic mass is 10.2. The molecule has 4 nitrogen and oxygen atoms in total. The molecule has 0 aromatic heterocycles. The lowest BCUT2D eigenvalue weighted by molar-refractivity contribution is 0.574. The lowest BCUT2D eigenvalue weighted by Crippen LogP contribution is -2.32. The molecule has 0 aliphatic heterocycles. The van der Waals surface area contributed by atoms with E-state index in [9.17, 15) is 8.42 Å².